The number of hydrogen-bond acceptors (Lipinski definition) is 2. The number of amides is 1. The highest BCUT2D eigenvalue weighted by atomic mass is 16.1. The number of carbonyl (C=O) groups is 1. The number of benzene rings is 1. The molecule has 24 heavy (non-hydrogen) atoms. The van der Waals surface area contributed by atoms with Crippen LogP contribution in [0.15, 0.2) is 18.2 Å². The van der Waals surface area contributed by atoms with Crippen molar-refractivity contribution in [2.75, 3.05) is 5.32 Å². The minimum absolute atomic E-state index is 0.0342. The topological polar surface area (TPSA) is 57.8 Å². The third-order valence-electron chi connectivity index (χ3n) is 4.37. The second kappa shape index (κ2) is 6.08. The summed E-state index contributed by atoms with van der Waals surface area (Å²) in [6, 6.07) is 6.34. The molecule has 1 aromatic carbocycles. The maximum Gasteiger partial charge on any atom is 0.225 e. The van der Waals surface area contributed by atoms with E-state index in [0.717, 1.165) is 35.5 Å². The van der Waals surface area contributed by atoms with E-state index in [-0.39, 0.29) is 11.3 Å². The average Bonchev–Trinajstić information content (AvgIpc) is 3.20. The van der Waals surface area contributed by atoms with E-state index in [1.807, 2.05) is 0 Å². The van der Waals surface area contributed by atoms with E-state index in [4.69, 9.17) is 0 Å². The maximum atomic E-state index is 12.5. The van der Waals surface area contributed by atoms with E-state index in [1.54, 1.807) is 0 Å². The number of aromatic nitrogens is 2. The van der Waals surface area contributed by atoms with Crippen molar-refractivity contribution in [3.8, 4) is 11.3 Å². The van der Waals surface area contributed by atoms with Crippen LogP contribution in [0.1, 0.15) is 62.8 Å². The summed E-state index contributed by atoms with van der Waals surface area (Å²) < 4.78 is 0. The van der Waals surface area contributed by atoms with Gasteiger partial charge in [0.25, 0.3) is 0 Å². The molecule has 0 aliphatic heterocycles. The highest BCUT2D eigenvalue weighted by molar-refractivity contribution is 5.96. The summed E-state index contributed by atoms with van der Waals surface area (Å²) in [5, 5.41) is 10.9. The monoisotopic (exact) mass is 325 g/mol. The predicted molar refractivity (Wildman–Crippen MR) is 98.2 cm³/mol. The van der Waals surface area contributed by atoms with Crippen LogP contribution >= 0.6 is 0 Å². The van der Waals surface area contributed by atoms with Crippen molar-refractivity contribution in [2.24, 2.45) is 5.41 Å². The smallest absolute Gasteiger partial charge is 0.225 e. The molecular weight excluding hydrogens is 298 g/mol. The molecule has 1 saturated carbocycles. The quantitative estimate of drug-likeness (QED) is 0.836. The fourth-order valence-corrected chi connectivity index (χ4v) is 3.09. The summed E-state index contributed by atoms with van der Waals surface area (Å²) in [5.74, 6) is 0.554. The van der Waals surface area contributed by atoms with Gasteiger partial charge in [-0.25, -0.2) is 0 Å². The number of anilines is 1. The molecule has 0 bridgehead atoms. The second-order valence-electron chi connectivity index (χ2n) is 8.24. The number of aromatic amines is 1. The first-order chi connectivity index (χ1) is 11.2. The molecule has 1 fully saturated rings. The molecule has 0 saturated heterocycles. The lowest BCUT2D eigenvalue weighted by Crippen LogP contribution is -2.20. The van der Waals surface area contributed by atoms with Crippen LogP contribution in [0, 0.1) is 19.3 Å². The molecule has 0 spiro atoms. The Hall–Kier alpha value is -2.10. The van der Waals surface area contributed by atoms with Crippen molar-refractivity contribution in [1.29, 1.82) is 0 Å². The molecule has 4 nitrogen and oxygen atoms in total. The maximum absolute atomic E-state index is 12.5. The van der Waals surface area contributed by atoms with Gasteiger partial charge >= 0.3 is 0 Å². The Labute approximate surface area is 144 Å². The molecule has 1 amide bonds. The van der Waals surface area contributed by atoms with Crippen LogP contribution in [0.5, 0.6) is 0 Å². The van der Waals surface area contributed by atoms with E-state index in [9.17, 15) is 4.79 Å². The minimum atomic E-state index is -0.0342. The summed E-state index contributed by atoms with van der Waals surface area (Å²) in [5.41, 5.74) is 6.26. The number of carbonyl (C=O) groups excluding carboxylic acids is 1. The number of nitrogens with one attached hydrogen (secondary N) is 2. The Morgan fingerprint density at radius 3 is 2.58 bits per heavy atom. The lowest BCUT2D eigenvalue weighted by Gasteiger charge is -2.18. The lowest BCUT2D eigenvalue weighted by molar-refractivity contribution is -0.117. The van der Waals surface area contributed by atoms with Gasteiger partial charge in [0.15, 0.2) is 0 Å². The lowest BCUT2D eigenvalue weighted by atomic mass is 9.92. The normalized spacial score (nSPS) is 14.7. The zero-order valence-electron chi connectivity index (χ0n) is 15.3. The van der Waals surface area contributed by atoms with Gasteiger partial charge in [0.05, 0.1) is 11.4 Å². The minimum Gasteiger partial charge on any atom is -0.323 e. The molecule has 4 heteroatoms. The Kier molecular flexibility index (Phi) is 4.24. The predicted octanol–water partition coefficient (Wildman–Crippen LogP) is 4.95. The molecule has 1 aromatic heterocycles. The molecule has 2 aromatic rings. The number of rotatable bonds is 4. The Bertz CT molecular complexity index is 764. The van der Waals surface area contributed by atoms with Crippen LogP contribution in [0.4, 0.5) is 5.69 Å². The van der Waals surface area contributed by atoms with Crippen LogP contribution in [-0.2, 0) is 4.79 Å². The van der Waals surface area contributed by atoms with Gasteiger partial charge in [-0.15, -0.1) is 0 Å². The van der Waals surface area contributed by atoms with Gasteiger partial charge < -0.3 is 5.32 Å². The van der Waals surface area contributed by atoms with Crippen LogP contribution in [0.3, 0.4) is 0 Å². The first kappa shape index (κ1) is 16.7. The first-order valence-electron chi connectivity index (χ1n) is 8.70. The van der Waals surface area contributed by atoms with Crippen molar-refractivity contribution in [1.82, 2.24) is 10.2 Å². The SMILES string of the molecule is Cc1ccc(-c2n[nH]c(C3CC3)c2NC(=O)CC(C)(C)C)c(C)c1. The number of aryl methyl sites for hydroxylation is 2. The van der Waals surface area contributed by atoms with Crippen LogP contribution in [-0.4, -0.2) is 16.1 Å². The van der Waals surface area contributed by atoms with Crippen LogP contribution in [0.2, 0.25) is 0 Å². The van der Waals surface area contributed by atoms with Gasteiger partial charge in [-0.3, -0.25) is 9.89 Å². The van der Waals surface area contributed by atoms with Crippen LogP contribution in [0.25, 0.3) is 11.3 Å². The molecule has 1 heterocycles. The van der Waals surface area contributed by atoms with E-state index in [2.05, 4.69) is 68.3 Å². The third kappa shape index (κ3) is 3.69. The summed E-state index contributed by atoms with van der Waals surface area (Å²) >= 11 is 0. The molecule has 1 aliphatic rings. The molecule has 2 N–H and O–H groups in total. The number of hydrogen-bond donors (Lipinski definition) is 2. The van der Waals surface area contributed by atoms with Crippen molar-refractivity contribution < 1.29 is 4.79 Å². The molecule has 3 rings (SSSR count). The fraction of sp³-hybridized carbons (Fsp3) is 0.500. The highest BCUT2D eigenvalue weighted by Gasteiger charge is 2.31. The molecule has 128 valence electrons. The second-order valence-corrected chi connectivity index (χ2v) is 8.24. The number of nitrogens with zero attached hydrogens (tertiary/aromatic N) is 1. The highest BCUT2D eigenvalue weighted by Crippen LogP contribution is 2.45. The summed E-state index contributed by atoms with van der Waals surface area (Å²) in [7, 11) is 0. The molecule has 0 radical (unpaired) electrons. The zero-order chi connectivity index (χ0) is 17.5. The zero-order valence-corrected chi connectivity index (χ0v) is 15.3. The van der Waals surface area contributed by atoms with Crippen molar-refractivity contribution in [3.63, 3.8) is 0 Å². The molecule has 1 aliphatic carbocycles. The van der Waals surface area contributed by atoms with E-state index in [0.29, 0.717) is 12.3 Å². The standard InChI is InChI=1S/C20H27N3O/c1-12-6-9-15(13(2)10-12)18-19(17(22-23-18)14-7-8-14)21-16(24)11-20(3,4)5/h6,9-10,14H,7-8,11H2,1-5H3,(H,21,24)(H,22,23). The largest absolute Gasteiger partial charge is 0.323 e. The van der Waals surface area contributed by atoms with Crippen molar-refractivity contribution in [2.45, 2.75) is 59.8 Å². The Morgan fingerprint density at radius 1 is 1.29 bits per heavy atom. The van der Waals surface area contributed by atoms with Crippen LogP contribution < -0.4 is 5.32 Å². The Morgan fingerprint density at radius 2 is 2.00 bits per heavy atom. The van der Waals surface area contributed by atoms with Gasteiger partial charge in [-0.1, -0.05) is 44.5 Å². The molecule has 0 unspecified atom stereocenters. The van der Waals surface area contributed by atoms with Gasteiger partial charge in [-0.2, -0.15) is 5.10 Å². The number of H-pyrrole nitrogens is 1. The molecule has 0 atom stereocenters. The molecular formula is C20H27N3O. The van der Waals surface area contributed by atoms with E-state index in [1.165, 1.54) is 11.1 Å². The summed E-state index contributed by atoms with van der Waals surface area (Å²) in [6.45, 7) is 10.4. The Balaban J connectivity index is 1.97. The van der Waals surface area contributed by atoms with Gasteiger partial charge in [-0.05, 0) is 37.7 Å². The first-order valence-corrected chi connectivity index (χ1v) is 8.70. The van der Waals surface area contributed by atoms with Crippen molar-refractivity contribution >= 4 is 11.6 Å². The van der Waals surface area contributed by atoms with Gasteiger partial charge in [0.2, 0.25) is 5.91 Å². The third-order valence-corrected chi connectivity index (χ3v) is 4.37. The van der Waals surface area contributed by atoms with Gasteiger partial charge in [0, 0.05) is 17.9 Å². The summed E-state index contributed by atoms with van der Waals surface area (Å²) in [6.07, 6.45) is 2.82. The van der Waals surface area contributed by atoms with Crippen molar-refractivity contribution in [3.05, 3.63) is 35.0 Å². The average molecular weight is 325 g/mol. The summed E-state index contributed by atoms with van der Waals surface area (Å²) in [4.78, 5) is 12.5. The fourth-order valence-electron chi connectivity index (χ4n) is 3.09. The van der Waals surface area contributed by atoms with E-state index < -0.39 is 0 Å². The van der Waals surface area contributed by atoms with E-state index >= 15 is 0 Å². The van der Waals surface area contributed by atoms with Gasteiger partial charge in [0.1, 0.15) is 5.69 Å².